The number of hydrogen-bond acceptors (Lipinski definition) is 5. The maximum atomic E-state index is 12.4. The zero-order chi connectivity index (χ0) is 17.4. The molecule has 1 aliphatic rings. The third-order valence-electron chi connectivity index (χ3n) is 4.36. The molecule has 0 bridgehead atoms. The molecule has 24 heavy (non-hydrogen) atoms. The van der Waals surface area contributed by atoms with Crippen molar-refractivity contribution < 1.29 is 13.2 Å². The molecule has 0 aromatic heterocycles. The number of likely N-dealkylation sites (tertiary alicyclic amines) is 1. The van der Waals surface area contributed by atoms with Crippen LogP contribution in [0.25, 0.3) is 0 Å². The summed E-state index contributed by atoms with van der Waals surface area (Å²) >= 11 is 1.88. The van der Waals surface area contributed by atoms with Gasteiger partial charge in [0.2, 0.25) is 10.0 Å². The fourth-order valence-electron chi connectivity index (χ4n) is 3.02. The number of rotatable bonds is 9. The van der Waals surface area contributed by atoms with E-state index in [-0.39, 0.29) is 4.90 Å². The summed E-state index contributed by atoms with van der Waals surface area (Å²) < 4.78 is 32.6. The molecule has 0 aliphatic carbocycles. The second kappa shape index (κ2) is 9.65. The van der Waals surface area contributed by atoms with Gasteiger partial charge in [-0.15, -0.1) is 0 Å². The van der Waals surface area contributed by atoms with E-state index >= 15 is 0 Å². The Bertz CT molecular complexity index is 590. The number of piperidine rings is 1. The first-order valence-electron chi connectivity index (χ1n) is 8.40. The Morgan fingerprint density at radius 2 is 2.08 bits per heavy atom. The maximum Gasteiger partial charge on any atom is 0.240 e. The van der Waals surface area contributed by atoms with E-state index in [4.69, 9.17) is 4.74 Å². The highest BCUT2D eigenvalue weighted by atomic mass is 32.2. The lowest BCUT2D eigenvalue weighted by atomic mass is 9.98. The van der Waals surface area contributed by atoms with Gasteiger partial charge in [-0.05, 0) is 74.5 Å². The Kier molecular flexibility index (Phi) is 7.87. The average Bonchev–Trinajstić information content (AvgIpc) is 2.61. The zero-order valence-electron chi connectivity index (χ0n) is 14.5. The number of nitrogens with zero attached hydrogens (tertiary/aromatic N) is 1. The highest BCUT2D eigenvalue weighted by Gasteiger charge is 2.22. The van der Waals surface area contributed by atoms with Gasteiger partial charge in [0.1, 0.15) is 5.75 Å². The highest BCUT2D eigenvalue weighted by Crippen LogP contribution is 2.19. The molecule has 1 atom stereocenters. The Hall–Kier alpha value is -0.760. The largest absolute Gasteiger partial charge is 0.497 e. The first kappa shape index (κ1) is 19.6. The highest BCUT2D eigenvalue weighted by molar-refractivity contribution is 7.98. The Balaban J connectivity index is 1.84. The molecule has 1 aromatic carbocycles. The van der Waals surface area contributed by atoms with Gasteiger partial charge in [0.15, 0.2) is 0 Å². The molecular formula is C17H28N2O3S2. The molecule has 1 unspecified atom stereocenters. The topological polar surface area (TPSA) is 58.6 Å². The zero-order valence-corrected chi connectivity index (χ0v) is 16.2. The fourth-order valence-corrected chi connectivity index (χ4v) is 4.55. The Morgan fingerprint density at radius 1 is 1.33 bits per heavy atom. The van der Waals surface area contributed by atoms with E-state index < -0.39 is 10.0 Å². The normalized spacial score (nSPS) is 19.3. The smallest absolute Gasteiger partial charge is 0.240 e. The lowest BCUT2D eigenvalue weighted by Crippen LogP contribution is -2.41. The Labute approximate surface area is 150 Å². The van der Waals surface area contributed by atoms with Crippen LogP contribution < -0.4 is 9.46 Å². The number of nitrogens with one attached hydrogen (secondary N) is 1. The van der Waals surface area contributed by atoms with E-state index in [1.54, 1.807) is 31.4 Å². The second-order valence-corrected chi connectivity index (χ2v) is 8.94. The molecule has 1 aromatic rings. The number of sulfonamides is 1. The minimum Gasteiger partial charge on any atom is -0.497 e. The van der Waals surface area contributed by atoms with Gasteiger partial charge in [-0.2, -0.15) is 11.8 Å². The molecule has 1 heterocycles. The van der Waals surface area contributed by atoms with Gasteiger partial charge in [0, 0.05) is 13.1 Å². The summed E-state index contributed by atoms with van der Waals surface area (Å²) in [6.45, 7) is 3.74. The van der Waals surface area contributed by atoms with Crippen LogP contribution in [0.5, 0.6) is 5.75 Å². The molecule has 0 spiro atoms. The van der Waals surface area contributed by atoms with E-state index in [1.165, 1.54) is 12.2 Å². The summed E-state index contributed by atoms with van der Waals surface area (Å²) in [5.74, 6) is 2.23. The van der Waals surface area contributed by atoms with Gasteiger partial charge in [0.05, 0.1) is 12.0 Å². The molecule has 0 saturated carbocycles. The van der Waals surface area contributed by atoms with E-state index in [2.05, 4.69) is 15.9 Å². The summed E-state index contributed by atoms with van der Waals surface area (Å²) in [6.07, 6.45) is 5.57. The van der Waals surface area contributed by atoms with Crippen molar-refractivity contribution in [3.63, 3.8) is 0 Å². The van der Waals surface area contributed by atoms with E-state index in [0.717, 1.165) is 32.5 Å². The summed E-state index contributed by atoms with van der Waals surface area (Å²) in [6, 6.07) is 6.50. The van der Waals surface area contributed by atoms with Crippen LogP contribution in [-0.2, 0) is 10.0 Å². The van der Waals surface area contributed by atoms with E-state index in [9.17, 15) is 8.42 Å². The van der Waals surface area contributed by atoms with Crippen molar-refractivity contribution in [2.75, 3.05) is 45.3 Å². The molecule has 1 fully saturated rings. The number of ether oxygens (including phenoxy) is 1. The number of methoxy groups -OCH3 is 1. The predicted molar refractivity (Wildman–Crippen MR) is 100 cm³/mol. The van der Waals surface area contributed by atoms with Gasteiger partial charge in [-0.1, -0.05) is 0 Å². The van der Waals surface area contributed by atoms with Gasteiger partial charge >= 0.3 is 0 Å². The van der Waals surface area contributed by atoms with Crippen LogP contribution in [0.3, 0.4) is 0 Å². The quantitative estimate of drug-likeness (QED) is 0.675. The van der Waals surface area contributed by atoms with Gasteiger partial charge in [-0.3, -0.25) is 0 Å². The lowest BCUT2D eigenvalue weighted by molar-refractivity contribution is 0.177. The average molecular weight is 373 g/mol. The van der Waals surface area contributed by atoms with Crippen LogP contribution in [0.4, 0.5) is 0 Å². The number of benzene rings is 1. The number of hydrogen-bond donors (Lipinski definition) is 1. The van der Waals surface area contributed by atoms with Crippen molar-refractivity contribution in [3.8, 4) is 5.75 Å². The summed E-state index contributed by atoms with van der Waals surface area (Å²) in [5, 5.41) is 0. The van der Waals surface area contributed by atoms with Crippen molar-refractivity contribution in [1.29, 1.82) is 0 Å². The van der Waals surface area contributed by atoms with Crippen LogP contribution >= 0.6 is 11.8 Å². The number of thioether (sulfide) groups is 1. The molecule has 1 N–H and O–H groups in total. The van der Waals surface area contributed by atoms with Gasteiger partial charge in [0.25, 0.3) is 0 Å². The molecule has 2 rings (SSSR count). The first-order valence-corrected chi connectivity index (χ1v) is 11.3. The lowest BCUT2D eigenvalue weighted by Gasteiger charge is -2.32. The Morgan fingerprint density at radius 3 is 2.75 bits per heavy atom. The van der Waals surface area contributed by atoms with Crippen LogP contribution in [0.1, 0.15) is 19.3 Å². The standard InChI is InChI=1S/C17H28N2O3S2/c1-22-16-6-8-17(9-7-16)24(20,21)18-13-15-5-3-10-19(14-15)11-4-12-23-2/h6-9,15,18H,3-5,10-14H2,1-2H3. The van der Waals surface area contributed by atoms with Crippen molar-refractivity contribution in [3.05, 3.63) is 24.3 Å². The third kappa shape index (κ3) is 5.95. The molecule has 1 aliphatic heterocycles. The summed E-state index contributed by atoms with van der Waals surface area (Å²) in [4.78, 5) is 2.75. The van der Waals surface area contributed by atoms with Crippen LogP contribution in [0, 0.1) is 5.92 Å². The molecule has 7 heteroatoms. The third-order valence-corrected chi connectivity index (χ3v) is 6.49. The van der Waals surface area contributed by atoms with Crippen LogP contribution in [0.2, 0.25) is 0 Å². The van der Waals surface area contributed by atoms with Crippen LogP contribution in [-0.4, -0.2) is 58.6 Å². The summed E-state index contributed by atoms with van der Waals surface area (Å²) in [5.41, 5.74) is 0. The molecule has 0 radical (unpaired) electrons. The molecule has 5 nitrogen and oxygen atoms in total. The van der Waals surface area contributed by atoms with Crippen molar-refractivity contribution in [1.82, 2.24) is 9.62 Å². The molecular weight excluding hydrogens is 344 g/mol. The molecule has 1 saturated heterocycles. The maximum absolute atomic E-state index is 12.4. The van der Waals surface area contributed by atoms with Gasteiger partial charge in [-0.25, -0.2) is 13.1 Å². The monoisotopic (exact) mass is 372 g/mol. The van der Waals surface area contributed by atoms with Crippen molar-refractivity contribution >= 4 is 21.8 Å². The van der Waals surface area contributed by atoms with E-state index in [1.807, 2.05) is 11.8 Å². The fraction of sp³-hybridized carbons (Fsp3) is 0.647. The SMILES string of the molecule is COc1ccc(S(=O)(=O)NCC2CCCN(CCCSC)C2)cc1. The molecule has 0 amide bonds. The predicted octanol–water partition coefficient (Wildman–Crippen LogP) is 2.44. The second-order valence-electron chi connectivity index (χ2n) is 6.18. The van der Waals surface area contributed by atoms with Gasteiger partial charge < -0.3 is 9.64 Å². The van der Waals surface area contributed by atoms with Crippen molar-refractivity contribution in [2.45, 2.75) is 24.2 Å². The van der Waals surface area contributed by atoms with Crippen LogP contribution in [0.15, 0.2) is 29.2 Å². The molecule has 136 valence electrons. The minimum atomic E-state index is -3.45. The van der Waals surface area contributed by atoms with Crippen molar-refractivity contribution in [2.24, 2.45) is 5.92 Å². The van der Waals surface area contributed by atoms with E-state index in [0.29, 0.717) is 18.2 Å². The first-order chi connectivity index (χ1) is 11.5. The minimum absolute atomic E-state index is 0.288. The summed E-state index contributed by atoms with van der Waals surface area (Å²) in [7, 11) is -1.89.